The maximum absolute atomic E-state index is 12.9. The standard InChI is InChI=1S/C21H29ClN2O/c1-14(2)7-9-23-12-16-13-24(10-8-20(16)23)21(25)19-11-18(19)15-3-5-17(22)6-4-15/h3-6,14,16,18-20H,7-13H2,1-2H3/t16-,18-,19-,20+/m1/s1. The number of carbonyl (C=O) groups is 1. The fraction of sp³-hybridized carbons (Fsp3) is 0.667. The van der Waals surface area contributed by atoms with Crippen LogP contribution in [-0.4, -0.2) is 47.9 Å². The van der Waals surface area contributed by atoms with Gasteiger partial charge in [0.2, 0.25) is 5.91 Å². The molecule has 25 heavy (non-hydrogen) atoms. The van der Waals surface area contributed by atoms with Gasteiger partial charge >= 0.3 is 0 Å². The fourth-order valence-electron chi connectivity index (χ4n) is 4.64. The van der Waals surface area contributed by atoms with Crippen molar-refractivity contribution < 1.29 is 4.79 Å². The molecule has 3 nitrogen and oxygen atoms in total. The molecule has 2 heterocycles. The lowest BCUT2D eigenvalue weighted by Crippen LogP contribution is -2.64. The third kappa shape index (κ3) is 3.59. The highest BCUT2D eigenvalue weighted by molar-refractivity contribution is 6.30. The van der Waals surface area contributed by atoms with Crippen molar-refractivity contribution in [3.8, 4) is 0 Å². The zero-order valence-electron chi connectivity index (χ0n) is 15.3. The topological polar surface area (TPSA) is 23.6 Å². The van der Waals surface area contributed by atoms with Gasteiger partial charge in [-0.05, 0) is 55.3 Å². The van der Waals surface area contributed by atoms with Gasteiger partial charge in [0, 0.05) is 42.5 Å². The molecule has 3 fully saturated rings. The number of carbonyl (C=O) groups excluding carboxylic acids is 1. The Hall–Kier alpha value is -1.06. The highest BCUT2D eigenvalue weighted by Crippen LogP contribution is 2.49. The first-order chi connectivity index (χ1) is 12.0. The first-order valence-electron chi connectivity index (χ1n) is 9.81. The Balaban J connectivity index is 1.27. The molecule has 0 N–H and O–H groups in total. The average molecular weight is 361 g/mol. The van der Waals surface area contributed by atoms with E-state index >= 15 is 0 Å². The number of benzene rings is 1. The van der Waals surface area contributed by atoms with Gasteiger partial charge in [0.05, 0.1) is 0 Å². The summed E-state index contributed by atoms with van der Waals surface area (Å²) in [6.45, 7) is 8.94. The van der Waals surface area contributed by atoms with Crippen molar-refractivity contribution in [2.24, 2.45) is 17.8 Å². The minimum Gasteiger partial charge on any atom is -0.342 e. The van der Waals surface area contributed by atoms with E-state index in [9.17, 15) is 4.79 Å². The van der Waals surface area contributed by atoms with Gasteiger partial charge in [-0.25, -0.2) is 0 Å². The van der Waals surface area contributed by atoms with E-state index in [1.54, 1.807) is 0 Å². The minimum absolute atomic E-state index is 0.204. The molecule has 2 saturated heterocycles. The average Bonchev–Trinajstić information content (AvgIpc) is 3.36. The third-order valence-electron chi connectivity index (χ3n) is 6.34. The molecular weight excluding hydrogens is 332 g/mol. The van der Waals surface area contributed by atoms with E-state index in [1.807, 2.05) is 12.1 Å². The quantitative estimate of drug-likeness (QED) is 0.791. The number of rotatable bonds is 5. The van der Waals surface area contributed by atoms with Gasteiger partial charge in [-0.1, -0.05) is 37.6 Å². The van der Waals surface area contributed by atoms with Crippen LogP contribution in [0.4, 0.5) is 0 Å². The summed E-state index contributed by atoms with van der Waals surface area (Å²) >= 11 is 5.97. The third-order valence-corrected chi connectivity index (χ3v) is 6.59. The molecule has 1 aromatic rings. The van der Waals surface area contributed by atoms with Crippen molar-refractivity contribution in [2.75, 3.05) is 26.2 Å². The molecule has 1 aromatic carbocycles. The Morgan fingerprint density at radius 1 is 1.24 bits per heavy atom. The van der Waals surface area contributed by atoms with Gasteiger partial charge in [-0.3, -0.25) is 9.69 Å². The summed E-state index contributed by atoms with van der Waals surface area (Å²) < 4.78 is 0. The molecule has 1 amide bonds. The van der Waals surface area contributed by atoms with Gasteiger partial charge in [0.15, 0.2) is 0 Å². The molecule has 136 valence electrons. The van der Waals surface area contributed by atoms with Gasteiger partial charge < -0.3 is 4.90 Å². The van der Waals surface area contributed by atoms with E-state index < -0.39 is 0 Å². The van der Waals surface area contributed by atoms with Gasteiger partial charge in [0.25, 0.3) is 0 Å². The highest BCUT2D eigenvalue weighted by Gasteiger charge is 2.49. The summed E-state index contributed by atoms with van der Waals surface area (Å²) in [5.74, 6) is 2.48. The second kappa shape index (κ2) is 6.92. The molecule has 0 radical (unpaired) electrons. The van der Waals surface area contributed by atoms with Crippen molar-refractivity contribution in [2.45, 2.75) is 45.1 Å². The lowest BCUT2D eigenvalue weighted by atomic mass is 9.82. The molecule has 4 rings (SSSR count). The maximum atomic E-state index is 12.9. The molecule has 4 atom stereocenters. The van der Waals surface area contributed by atoms with Crippen molar-refractivity contribution in [3.05, 3.63) is 34.9 Å². The summed E-state index contributed by atoms with van der Waals surface area (Å²) in [5.41, 5.74) is 1.26. The summed E-state index contributed by atoms with van der Waals surface area (Å²) in [6.07, 6.45) is 3.45. The number of halogens is 1. The fourth-order valence-corrected chi connectivity index (χ4v) is 4.77. The van der Waals surface area contributed by atoms with Crippen molar-refractivity contribution >= 4 is 17.5 Å². The predicted octanol–water partition coefficient (Wildman–Crippen LogP) is 4.02. The van der Waals surface area contributed by atoms with E-state index in [2.05, 4.69) is 35.8 Å². The largest absolute Gasteiger partial charge is 0.342 e. The SMILES string of the molecule is CC(C)CCN1C[C@@H]2CN(C(=O)[C@@H]3C[C@@H]3c3ccc(Cl)cc3)CC[C@@H]21. The highest BCUT2D eigenvalue weighted by atomic mass is 35.5. The van der Waals surface area contributed by atoms with E-state index in [-0.39, 0.29) is 5.92 Å². The number of hydrogen-bond donors (Lipinski definition) is 0. The summed E-state index contributed by atoms with van der Waals surface area (Å²) in [5, 5.41) is 0.765. The normalized spacial score (nSPS) is 31.6. The van der Waals surface area contributed by atoms with Crippen LogP contribution in [0.1, 0.15) is 44.6 Å². The van der Waals surface area contributed by atoms with Crippen LogP contribution in [-0.2, 0) is 4.79 Å². The lowest BCUT2D eigenvalue weighted by molar-refractivity contribution is -0.139. The molecular formula is C21H29ClN2O. The first kappa shape index (κ1) is 17.4. The molecule has 1 saturated carbocycles. The molecule has 0 bridgehead atoms. The number of nitrogens with zero attached hydrogens (tertiary/aromatic N) is 2. The van der Waals surface area contributed by atoms with E-state index in [4.69, 9.17) is 11.6 Å². The van der Waals surface area contributed by atoms with E-state index in [0.717, 1.165) is 42.9 Å². The molecule has 1 aliphatic carbocycles. The molecule has 2 aliphatic heterocycles. The van der Waals surface area contributed by atoms with Crippen molar-refractivity contribution in [1.82, 2.24) is 9.80 Å². The Labute approximate surface area is 156 Å². The van der Waals surface area contributed by atoms with Crippen LogP contribution in [0.2, 0.25) is 5.02 Å². The molecule has 3 aliphatic rings. The smallest absolute Gasteiger partial charge is 0.226 e. The van der Waals surface area contributed by atoms with Crippen LogP contribution in [0.25, 0.3) is 0 Å². The maximum Gasteiger partial charge on any atom is 0.226 e. The van der Waals surface area contributed by atoms with E-state index in [1.165, 1.54) is 25.1 Å². The number of fused-ring (bicyclic) bond motifs is 1. The zero-order valence-corrected chi connectivity index (χ0v) is 16.1. The van der Waals surface area contributed by atoms with Gasteiger partial charge in [-0.2, -0.15) is 0 Å². The first-order valence-corrected chi connectivity index (χ1v) is 10.2. The summed E-state index contributed by atoms with van der Waals surface area (Å²) in [4.78, 5) is 17.7. The number of amides is 1. The Morgan fingerprint density at radius 2 is 2.00 bits per heavy atom. The Kier molecular flexibility index (Phi) is 4.81. The number of hydrogen-bond acceptors (Lipinski definition) is 2. The summed E-state index contributed by atoms with van der Waals surface area (Å²) in [7, 11) is 0. The van der Waals surface area contributed by atoms with Crippen LogP contribution in [0.15, 0.2) is 24.3 Å². The second-order valence-electron chi connectivity index (χ2n) is 8.58. The molecule has 4 heteroatoms. The van der Waals surface area contributed by atoms with Crippen LogP contribution < -0.4 is 0 Å². The Bertz CT molecular complexity index is 629. The van der Waals surface area contributed by atoms with Gasteiger partial charge in [0.1, 0.15) is 0 Å². The van der Waals surface area contributed by atoms with Crippen LogP contribution in [0.5, 0.6) is 0 Å². The molecule has 0 aromatic heterocycles. The van der Waals surface area contributed by atoms with Crippen molar-refractivity contribution in [1.29, 1.82) is 0 Å². The second-order valence-corrected chi connectivity index (χ2v) is 9.01. The lowest BCUT2D eigenvalue weighted by Gasteiger charge is -2.53. The van der Waals surface area contributed by atoms with E-state index in [0.29, 0.717) is 17.7 Å². The predicted molar refractivity (Wildman–Crippen MR) is 102 cm³/mol. The zero-order chi connectivity index (χ0) is 17.6. The van der Waals surface area contributed by atoms with Crippen LogP contribution in [0.3, 0.4) is 0 Å². The molecule has 0 spiro atoms. The monoisotopic (exact) mass is 360 g/mol. The number of piperidine rings is 1. The summed E-state index contributed by atoms with van der Waals surface area (Å²) in [6, 6.07) is 8.75. The number of likely N-dealkylation sites (tertiary alicyclic amines) is 2. The van der Waals surface area contributed by atoms with Crippen LogP contribution >= 0.6 is 11.6 Å². The van der Waals surface area contributed by atoms with Crippen molar-refractivity contribution in [3.63, 3.8) is 0 Å². The Morgan fingerprint density at radius 3 is 2.68 bits per heavy atom. The molecule has 0 unspecified atom stereocenters. The van der Waals surface area contributed by atoms with Gasteiger partial charge in [-0.15, -0.1) is 0 Å². The minimum atomic E-state index is 0.204. The van der Waals surface area contributed by atoms with Crippen LogP contribution in [0, 0.1) is 17.8 Å².